The summed E-state index contributed by atoms with van der Waals surface area (Å²) in [4.78, 5) is 15.9. The van der Waals surface area contributed by atoms with E-state index in [1.807, 2.05) is 0 Å². The molecular formula is C26H27F10N3O. The summed E-state index contributed by atoms with van der Waals surface area (Å²) in [5.74, 6) is -0.572. The van der Waals surface area contributed by atoms with Gasteiger partial charge in [0.1, 0.15) is 5.82 Å². The van der Waals surface area contributed by atoms with Crippen LogP contribution in [0.3, 0.4) is 0 Å². The molecule has 40 heavy (non-hydrogen) atoms. The number of alkyl halides is 9. The van der Waals surface area contributed by atoms with Crippen molar-refractivity contribution in [1.82, 2.24) is 15.1 Å². The Morgan fingerprint density at radius 1 is 1.00 bits per heavy atom. The lowest BCUT2D eigenvalue weighted by Crippen LogP contribution is -2.51. The van der Waals surface area contributed by atoms with E-state index in [-0.39, 0.29) is 25.5 Å². The summed E-state index contributed by atoms with van der Waals surface area (Å²) in [6.07, 6.45) is -14.5. The third-order valence-electron chi connectivity index (χ3n) is 7.01. The molecule has 1 heterocycles. The lowest BCUT2D eigenvalue weighted by Gasteiger charge is -2.43. The van der Waals surface area contributed by atoms with Crippen LogP contribution in [0.5, 0.6) is 0 Å². The monoisotopic (exact) mass is 587 g/mol. The third-order valence-corrected chi connectivity index (χ3v) is 7.01. The molecule has 0 aromatic heterocycles. The van der Waals surface area contributed by atoms with E-state index in [2.05, 4.69) is 5.32 Å². The van der Waals surface area contributed by atoms with Crippen molar-refractivity contribution in [2.45, 2.75) is 63.3 Å². The Labute approximate surface area is 223 Å². The van der Waals surface area contributed by atoms with Gasteiger partial charge in [0.25, 0.3) is 0 Å². The molecule has 3 atom stereocenters. The fourth-order valence-corrected chi connectivity index (χ4v) is 4.76. The van der Waals surface area contributed by atoms with E-state index in [4.69, 9.17) is 0 Å². The number of hydrogen-bond donors (Lipinski definition) is 1. The predicted molar refractivity (Wildman–Crippen MR) is 126 cm³/mol. The molecule has 1 aliphatic heterocycles. The number of urea groups is 1. The first kappa shape index (κ1) is 31.5. The number of nitrogens with one attached hydrogen (secondary N) is 1. The Hall–Kier alpha value is -3.03. The molecule has 1 fully saturated rings. The maximum atomic E-state index is 13.8. The highest BCUT2D eigenvalue weighted by Gasteiger charge is 2.40. The van der Waals surface area contributed by atoms with Gasteiger partial charge in [-0.15, -0.1) is 0 Å². The molecule has 3 unspecified atom stereocenters. The number of carbonyl (C=O) groups is 1. The molecular weight excluding hydrogens is 560 g/mol. The van der Waals surface area contributed by atoms with E-state index in [1.165, 1.54) is 31.0 Å². The van der Waals surface area contributed by atoms with Crippen LogP contribution < -0.4 is 5.32 Å². The van der Waals surface area contributed by atoms with Crippen LogP contribution in [-0.4, -0.2) is 48.2 Å². The molecule has 3 rings (SSSR count). The Bertz CT molecular complexity index is 1180. The van der Waals surface area contributed by atoms with Gasteiger partial charge in [0, 0.05) is 19.6 Å². The van der Waals surface area contributed by atoms with Crippen molar-refractivity contribution in [2.24, 2.45) is 0 Å². The zero-order valence-corrected chi connectivity index (χ0v) is 21.6. The molecule has 1 aliphatic rings. The lowest BCUT2D eigenvalue weighted by molar-refractivity contribution is -0.143. The zero-order chi connectivity index (χ0) is 30.2. The number of aryl methyl sites for hydroxylation is 1. The van der Waals surface area contributed by atoms with E-state index in [0.717, 1.165) is 11.0 Å². The second-order valence-electron chi connectivity index (χ2n) is 9.84. The van der Waals surface area contributed by atoms with Crippen LogP contribution in [0.2, 0.25) is 0 Å². The number of piperidine rings is 1. The van der Waals surface area contributed by atoms with Crippen molar-refractivity contribution in [3.63, 3.8) is 0 Å². The van der Waals surface area contributed by atoms with Gasteiger partial charge in [0.05, 0.1) is 29.8 Å². The molecule has 2 aromatic rings. The summed E-state index contributed by atoms with van der Waals surface area (Å²) in [5.41, 5.74) is -2.59. The summed E-state index contributed by atoms with van der Waals surface area (Å²) in [5, 5.41) is 2.41. The normalized spacial score (nSPS) is 19.5. The zero-order valence-electron chi connectivity index (χ0n) is 21.6. The summed E-state index contributed by atoms with van der Waals surface area (Å²) >= 11 is 0. The molecule has 1 N–H and O–H groups in total. The van der Waals surface area contributed by atoms with Gasteiger partial charge in [-0.2, -0.15) is 39.5 Å². The van der Waals surface area contributed by atoms with Crippen molar-refractivity contribution in [2.75, 3.05) is 20.1 Å². The minimum absolute atomic E-state index is 0.00981. The van der Waals surface area contributed by atoms with Crippen LogP contribution in [-0.2, 0) is 12.4 Å². The smallest absolute Gasteiger partial charge is 0.321 e. The number of rotatable bonds is 5. The molecule has 2 amide bonds. The second-order valence-corrected chi connectivity index (χ2v) is 9.84. The van der Waals surface area contributed by atoms with Crippen LogP contribution in [0.4, 0.5) is 48.7 Å². The average molecular weight is 588 g/mol. The molecule has 1 saturated heterocycles. The quantitative estimate of drug-likeness (QED) is 0.365. The van der Waals surface area contributed by atoms with Gasteiger partial charge in [0.15, 0.2) is 0 Å². The maximum absolute atomic E-state index is 13.8. The fourth-order valence-electron chi connectivity index (χ4n) is 4.76. The highest BCUT2D eigenvalue weighted by molar-refractivity contribution is 5.75. The SMILES string of the molecule is Cc1cc(F)ccc1C1CC(NCC(F)(F)F)CCN1C(=O)N(C)C(C)c1cc(C(F)(F)F)cc(C(F)(F)F)c1. The number of nitrogens with zero attached hydrogens (tertiary/aromatic N) is 2. The number of halogens is 10. The molecule has 4 nitrogen and oxygen atoms in total. The Kier molecular flexibility index (Phi) is 9.02. The summed E-state index contributed by atoms with van der Waals surface area (Å²) < 4.78 is 132. The number of amides is 2. The largest absolute Gasteiger partial charge is 0.416 e. The molecule has 0 radical (unpaired) electrons. The lowest BCUT2D eigenvalue weighted by atomic mass is 9.89. The van der Waals surface area contributed by atoms with Crippen molar-refractivity contribution >= 4 is 6.03 Å². The van der Waals surface area contributed by atoms with Crippen molar-refractivity contribution in [3.05, 3.63) is 70.0 Å². The van der Waals surface area contributed by atoms with Crippen LogP contribution >= 0.6 is 0 Å². The van der Waals surface area contributed by atoms with Crippen molar-refractivity contribution in [1.29, 1.82) is 0 Å². The van der Waals surface area contributed by atoms with Gasteiger partial charge < -0.3 is 15.1 Å². The standard InChI is InChI=1S/C26H27F10N3O/c1-14-8-19(27)4-5-21(14)22-12-20(37-13-24(28,29)30)6-7-39(22)23(40)38(3)15(2)16-9-17(25(31,32)33)11-18(10-16)26(34,35)36/h4-5,8-11,15,20,22,37H,6-7,12-13H2,1-3H3. The Morgan fingerprint density at radius 2 is 1.57 bits per heavy atom. The third kappa shape index (κ3) is 7.58. The van der Waals surface area contributed by atoms with E-state index in [0.29, 0.717) is 23.3 Å². The van der Waals surface area contributed by atoms with Crippen molar-refractivity contribution in [3.8, 4) is 0 Å². The molecule has 222 valence electrons. The predicted octanol–water partition coefficient (Wildman–Crippen LogP) is 7.64. The summed E-state index contributed by atoms with van der Waals surface area (Å²) in [6, 6.07) is 1.28. The Balaban J connectivity index is 1.94. The molecule has 0 bridgehead atoms. The van der Waals surface area contributed by atoms with E-state index in [9.17, 15) is 48.7 Å². The van der Waals surface area contributed by atoms with Crippen LogP contribution in [0.1, 0.15) is 59.7 Å². The average Bonchev–Trinajstić information content (AvgIpc) is 2.84. The van der Waals surface area contributed by atoms with Gasteiger partial charge in [-0.25, -0.2) is 9.18 Å². The van der Waals surface area contributed by atoms with E-state index < -0.39 is 71.7 Å². The highest BCUT2D eigenvalue weighted by Crippen LogP contribution is 2.39. The summed E-state index contributed by atoms with van der Waals surface area (Å²) in [6.45, 7) is 1.49. The maximum Gasteiger partial charge on any atom is 0.416 e. The van der Waals surface area contributed by atoms with Gasteiger partial charge in [-0.1, -0.05) is 6.07 Å². The fraction of sp³-hybridized carbons (Fsp3) is 0.500. The van der Waals surface area contributed by atoms with Crippen molar-refractivity contribution < 1.29 is 48.7 Å². The summed E-state index contributed by atoms with van der Waals surface area (Å²) in [7, 11) is 1.21. The first-order valence-corrected chi connectivity index (χ1v) is 12.2. The molecule has 0 saturated carbocycles. The van der Waals surface area contributed by atoms with E-state index in [1.54, 1.807) is 6.92 Å². The number of carbonyl (C=O) groups excluding carboxylic acids is 1. The topological polar surface area (TPSA) is 35.6 Å². The van der Waals surface area contributed by atoms with Crippen LogP contribution in [0.15, 0.2) is 36.4 Å². The minimum Gasteiger partial charge on any atom is -0.321 e. The van der Waals surface area contributed by atoms with Gasteiger partial charge >= 0.3 is 24.6 Å². The number of hydrogen-bond acceptors (Lipinski definition) is 2. The van der Waals surface area contributed by atoms with Crippen LogP contribution in [0.25, 0.3) is 0 Å². The van der Waals surface area contributed by atoms with Gasteiger partial charge in [-0.05, 0) is 73.7 Å². The highest BCUT2D eigenvalue weighted by atomic mass is 19.4. The van der Waals surface area contributed by atoms with Gasteiger partial charge in [0.2, 0.25) is 0 Å². The van der Waals surface area contributed by atoms with Crippen LogP contribution in [0, 0.1) is 12.7 Å². The molecule has 0 spiro atoms. The van der Waals surface area contributed by atoms with Gasteiger partial charge in [-0.3, -0.25) is 0 Å². The first-order valence-electron chi connectivity index (χ1n) is 12.2. The molecule has 0 aliphatic carbocycles. The van der Waals surface area contributed by atoms with E-state index >= 15 is 0 Å². The number of likely N-dealkylation sites (tertiary alicyclic amines) is 1. The first-order chi connectivity index (χ1) is 18.3. The number of benzene rings is 2. The second kappa shape index (κ2) is 11.5. The molecule has 14 heteroatoms. The Morgan fingerprint density at radius 3 is 2.08 bits per heavy atom. The minimum atomic E-state index is -5.07. The molecule has 2 aromatic carbocycles.